The van der Waals surface area contributed by atoms with Crippen LogP contribution in [0.2, 0.25) is 0 Å². The monoisotopic (exact) mass is 481 g/mol. The van der Waals surface area contributed by atoms with Crippen molar-refractivity contribution in [3.63, 3.8) is 0 Å². The molecule has 1 aliphatic rings. The normalized spacial score (nSPS) is 18.1. The van der Waals surface area contributed by atoms with Crippen molar-refractivity contribution in [3.05, 3.63) is 58.8 Å². The van der Waals surface area contributed by atoms with Gasteiger partial charge in [0.05, 0.1) is 6.04 Å². The SMILES string of the molecule is Cc1cccc(C[C@@H]2CN[C@@H](C(=O)N[C@@H](C)C(=O)NCc3ccc(N)nc3C)C2)c1.Cl.Cl. The first-order chi connectivity index (χ1) is 14.3. The number of amides is 2. The smallest absolute Gasteiger partial charge is 0.242 e. The number of rotatable bonds is 7. The molecule has 1 aromatic heterocycles. The third-order valence-electron chi connectivity index (χ3n) is 5.57. The molecule has 32 heavy (non-hydrogen) atoms. The summed E-state index contributed by atoms with van der Waals surface area (Å²) in [4.78, 5) is 29.2. The number of aromatic nitrogens is 1. The Morgan fingerprint density at radius 3 is 2.66 bits per heavy atom. The molecule has 0 aliphatic carbocycles. The zero-order valence-electron chi connectivity index (χ0n) is 18.7. The number of nitrogens with zero attached hydrogens (tertiary/aromatic N) is 1. The summed E-state index contributed by atoms with van der Waals surface area (Å²) in [5.41, 5.74) is 9.87. The number of anilines is 1. The Morgan fingerprint density at radius 1 is 1.22 bits per heavy atom. The van der Waals surface area contributed by atoms with Crippen LogP contribution >= 0.6 is 24.8 Å². The Hall–Kier alpha value is -2.35. The Labute approximate surface area is 202 Å². The van der Waals surface area contributed by atoms with E-state index in [2.05, 4.69) is 52.1 Å². The van der Waals surface area contributed by atoms with Crippen LogP contribution in [-0.4, -0.2) is 35.4 Å². The second kappa shape index (κ2) is 12.6. The van der Waals surface area contributed by atoms with E-state index in [4.69, 9.17) is 5.73 Å². The van der Waals surface area contributed by atoms with E-state index in [-0.39, 0.29) is 42.7 Å². The summed E-state index contributed by atoms with van der Waals surface area (Å²) in [6.45, 7) is 6.78. The van der Waals surface area contributed by atoms with Gasteiger partial charge in [-0.25, -0.2) is 4.98 Å². The van der Waals surface area contributed by atoms with Crippen LogP contribution in [0.5, 0.6) is 0 Å². The number of hydrogen-bond donors (Lipinski definition) is 4. The molecule has 1 saturated heterocycles. The van der Waals surface area contributed by atoms with E-state index in [0.717, 1.165) is 30.6 Å². The number of aryl methyl sites for hydroxylation is 2. The fraction of sp³-hybridized carbons (Fsp3) is 0.435. The molecule has 2 heterocycles. The van der Waals surface area contributed by atoms with Gasteiger partial charge in [0.2, 0.25) is 11.8 Å². The third-order valence-corrected chi connectivity index (χ3v) is 5.57. The molecule has 7 nitrogen and oxygen atoms in total. The first-order valence-corrected chi connectivity index (χ1v) is 10.4. The maximum absolute atomic E-state index is 12.6. The largest absolute Gasteiger partial charge is 0.384 e. The van der Waals surface area contributed by atoms with Gasteiger partial charge in [0.25, 0.3) is 0 Å². The summed E-state index contributed by atoms with van der Waals surface area (Å²) >= 11 is 0. The van der Waals surface area contributed by atoms with E-state index in [0.29, 0.717) is 18.3 Å². The first kappa shape index (κ1) is 27.7. The molecule has 3 atom stereocenters. The van der Waals surface area contributed by atoms with Crippen molar-refractivity contribution in [2.24, 2.45) is 5.92 Å². The second-order valence-electron chi connectivity index (χ2n) is 8.18. The molecule has 176 valence electrons. The van der Waals surface area contributed by atoms with Crippen molar-refractivity contribution in [2.75, 3.05) is 12.3 Å². The zero-order chi connectivity index (χ0) is 21.7. The molecule has 3 rings (SSSR count). The Morgan fingerprint density at radius 2 is 1.97 bits per heavy atom. The molecule has 1 aromatic carbocycles. The van der Waals surface area contributed by atoms with Crippen molar-refractivity contribution in [3.8, 4) is 0 Å². The van der Waals surface area contributed by atoms with Crippen LogP contribution < -0.4 is 21.7 Å². The van der Waals surface area contributed by atoms with E-state index in [9.17, 15) is 9.59 Å². The lowest BCUT2D eigenvalue weighted by atomic mass is 9.95. The van der Waals surface area contributed by atoms with Crippen LogP contribution in [0.1, 0.15) is 35.7 Å². The van der Waals surface area contributed by atoms with E-state index < -0.39 is 6.04 Å². The van der Waals surface area contributed by atoms with Crippen LogP contribution in [-0.2, 0) is 22.6 Å². The van der Waals surface area contributed by atoms with Gasteiger partial charge in [-0.3, -0.25) is 9.59 Å². The minimum absolute atomic E-state index is 0. The summed E-state index contributed by atoms with van der Waals surface area (Å²) in [6.07, 6.45) is 1.72. The number of halogens is 2. The fourth-order valence-corrected chi connectivity index (χ4v) is 3.85. The zero-order valence-corrected chi connectivity index (χ0v) is 20.3. The van der Waals surface area contributed by atoms with Crippen molar-refractivity contribution >= 4 is 42.4 Å². The molecule has 0 unspecified atom stereocenters. The molecule has 1 fully saturated rings. The minimum Gasteiger partial charge on any atom is -0.384 e. The predicted molar refractivity (Wildman–Crippen MR) is 132 cm³/mol. The Kier molecular flexibility index (Phi) is 10.9. The van der Waals surface area contributed by atoms with Gasteiger partial charge in [-0.2, -0.15) is 0 Å². The van der Waals surface area contributed by atoms with Gasteiger partial charge < -0.3 is 21.7 Å². The van der Waals surface area contributed by atoms with E-state index in [1.165, 1.54) is 11.1 Å². The summed E-state index contributed by atoms with van der Waals surface area (Å²) in [5.74, 6) is 0.504. The van der Waals surface area contributed by atoms with Crippen LogP contribution in [0.25, 0.3) is 0 Å². The predicted octanol–water partition coefficient (Wildman–Crippen LogP) is 2.47. The van der Waals surface area contributed by atoms with E-state index in [1.807, 2.05) is 13.0 Å². The molecule has 0 saturated carbocycles. The molecule has 0 radical (unpaired) electrons. The lowest BCUT2D eigenvalue weighted by Crippen LogP contribution is -2.50. The van der Waals surface area contributed by atoms with Crippen LogP contribution in [0.15, 0.2) is 36.4 Å². The van der Waals surface area contributed by atoms with Gasteiger partial charge in [-0.05, 0) is 63.3 Å². The number of carbonyl (C=O) groups is 2. The van der Waals surface area contributed by atoms with Crippen molar-refractivity contribution in [1.29, 1.82) is 0 Å². The molecule has 2 amide bonds. The highest BCUT2D eigenvalue weighted by atomic mass is 35.5. The number of nitrogens with one attached hydrogen (secondary N) is 3. The average Bonchev–Trinajstić information content (AvgIpc) is 3.15. The van der Waals surface area contributed by atoms with E-state index in [1.54, 1.807) is 13.0 Å². The van der Waals surface area contributed by atoms with Crippen LogP contribution in [0.3, 0.4) is 0 Å². The van der Waals surface area contributed by atoms with Crippen molar-refractivity contribution < 1.29 is 9.59 Å². The van der Waals surface area contributed by atoms with Gasteiger partial charge in [0.1, 0.15) is 11.9 Å². The van der Waals surface area contributed by atoms with Gasteiger partial charge in [-0.1, -0.05) is 35.9 Å². The molecule has 5 N–H and O–H groups in total. The number of nitrogens with two attached hydrogens (primary N) is 1. The standard InChI is InChI=1S/C23H31N5O2.2ClH/c1-14-5-4-6-17(9-14)10-18-11-20(25-12-18)23(30)28-16(3)22(29)26-13-19-7-8-21(24)27-15(19)2;;/h4-9,16,18,20,25H,10-13H2,1-3H3,(H2,24,27)(H,26,29)(H,28,30);2*1H/t16-,18-,20+;;/m0../s1. The number of benzene rings is 1. The Balaban J connectivity index is 0.00000256. The molecule has 0 bridgehead atoms. The van der Waals surface area contributed by atoms with Gasteiger partial charge in [0, 0.05) is 12.2 Å². The lowest BCUT2D eigenvalue weighted by Gasteiger charge is -2.17. The van der Waals surface area contributed by atoms with Crippen LogP contribution in [0, 0.1) is 19.8 Å². The molecule has 1 aliphatic heterocycles. The molecular formula is C23H33Cl2N5O2. The second-order valence-corrected chi connectivity index (χ2v) is 8.18. The first-order valence-electron chi connectivity index (χ1n) is 10.4. The summed E-state index contributed by atoms with van der Waals surface area (Å²) in [5, 5.41) is 8.97. The molecule has 0 spiro atoms. The van der Waals surface area contributed by atoms with Crippen LogP contribution in [0.4, 0.5) is 5.82 Å². The number of hydrogen-bond acceptors (Lipinski definition) is 5. The van der Waals surface area contributed by atoms with Gasteiger partial charge >= 0.3 is 0 Å². The Bertz CT molecular complexity index is 925. The minimum atomic E-state index is -0.614. The number of nitrogen functional groups attached to an aromatic ring is 1. The molecular weight excluding hydrogens is 449 g/mol. The number of carbonyl (C=O) groups excluding carboxylic acids is 2. The highest BCUT2D eigenvalue weighted by Gasteiger charge is 2.30. The van der Waals surface area contributed by atoms with Gasteiger partial charge in [-0.15, -0.1) is 24.8 Å². The summed E-state index contributed by atoms with van der Waals surface area (Å²) in [6, 6.07) is 11.2. The van der Waals surface area contributed by atoms with Crippen molar-refractivity contribution in [2.45, 2.75) is 52.2 Å². The third kappa shape index (κ3) is 7.65. The average molecular weight is 482 g/mol. The maximum Gasteiger partial charge on any atom is 0.242 e. The number of pyridine rings is 1. The van der Waals surface area contributed by atoms with Gasteiger partial charge in [0.15, 0.2) is 0 Å². The summed E-state index contributed by atoms with van der Waals surface area (Å²) < 4.78 is 0. The van der Waals surface area contributed by atoms with Crippen molar-refractivity contribution in [1.82, 2.24) is 20.9 Å². The highest BCUT2D eigenvalue weighted by molar-refractivity contribution is 5.89. The highest BCUT2D eigenvalue weighted by Crippen LogP contribution is 2.20. The quantitative estimate of drug-likeness (QED) is 0.485. The maximum atomic E-state index is 12.6. The topological polar surface area (TPSA) is 109 Å². The molecule has 9 heteroatoms. The summed E-state index contributed by atoms with van der Waals surface area (Å²) in [7, 11) is 0. The molecule has 2 aromatic rings. The van der Waals surface area contributed by atoms with E-state index >= 15 is 0 Å². The fourth-order valence-electron chi connectivity index (χ4n) is 3.85. The lowest BCUT2D eigenvalue weighted by molar-refractivity contribution is -0.129.